The van der Waals surface area contributed by atoms with Crippen LogP contribution in [0.4, 0.5) is 5.82 Å². The van der Waals surface area contributed by atoms with Crippen LogP contribution in [0, 0.1) is 0 Å². The van der Waals surface area contributed by atoms with E-state index in [1.54, 1.807) is 0 Å². The molecule has 0 aliphatic rings. The fraction of sp³-hybridized carbons (Fsp3) is 0.444. The summed E-state index contributed by atoms with van der Waals surface area (Å²) in [5.74, 6) is 0.308. The molecular formula is C9H15N3O2S. The predicted molar refractivity (Wildman–Crippen MR) is 58.7 cm³/mol. The largest absolute Gasteiger partial charge is 0.384 e. The van der Waals surface area contributed by atoms with Crippen LogP contribution in [0.1, 0.15) is 19.8 Å². The van der Waals surface area contributed by atoms with Crippen molar-refractivity contribution in [3.63, 3.8) is 0 Å². The average Bonchev–Trinajstić information content (AvgIpc) is 2.18. The Morgan fingerprint density at radius 3 is 2.73 bits per heavy atom. The van der Waals surface area contributed by atoms with E-state index in [4.69, 9.17) is 5.73 Å². The van der Waals surface area contributed by atoms with Gasteiger partial charge >= 0.3 is 0 Å². The highest BCUT2D eigenvalue weighted by molar-refractivity contribution is 7.89. The van der Waals surface area contributed by atoms with Crippen molar-refractivity contribution in [3.05, 3.63) is 18.3 Å². The third kappa shape index (κ3) is 3.49. The Balaban J connectivity index is 2.73. The lowest BCUT2D eigenvalue weighted by molar-refractivity contribution is 0.578. The lowest BCUT2D eigenvalue weighted by atomic mass is 10.3. The molecule has 15 heavy (non-hydrogen) atoms. The number of hydrogen-bond acceptors (Lipinski definition) is 4. The maximum Gasteiger partial charge on any atom is 0.242 e. The highest BCUT2D eigenvalue weighted by atomic mass is 32.2. The van der Waals surface area contributed by atoms with Crippen molar-refractivity contribution < 1.29 is 8.42 Å². The molecule has 0 bridgehead atoms. The summed E-state index contributed by atoms with van der Waals surface area (Å²) in [6.45, 7) is 2.45. The lowest BCUT2D eigenvalue weighted by Gasteiger charge is -2.05. The second-order valence-corrected chi connectivity index (χ2v) is 4.94. The number of rotatable bonds is 5. The summed E-state index contributed by atoms with van der Waals surface area (Å²) in [6.07, 6.45) is 3.02. The molecule has 84 valence electrons. The van der Waals surface area contributed by atoms with E-state index < -0.39 is 10.0 Å². The quantitative estimate of drug-likeness (QED) is 0.729. The highest BCUT2D eigenvalue weighted by Gasteiger charge is 2.12. The van der Waals surface area contributed by atoms with E-state index in [1.165, 1.54) is 18.3 Å². The number of aromatic nitrogens is 1. The van der Waals surface area contributed by atoms with Crippen molar-refractivity contribution in [1.29, 1.82) is 0 Å². The Morgan fingerprint density at radius 1 is 1.47 bits per heavy atom. The summed E-state index contributed by atoms with van der Waals surface area (Å²) in [7, 11) is -3.42. The van der Waals surface area contributed by atoms with Gasteiger partial charge in [-0.15, -0.1) is 0 Å². The molecule has 0 radical (unpaired) electrons. The molecule has 0 fully saturated rings. The SMILES string of the molecule is CCCCNS(=O)(=O)c1ccc(N)nc1. The number of unbranched alkanes of at least 4 members (excludes halogenated alkanes) is 1. The first-order valence-corrected chi connectivity index (χ1v) is 6.26. The number of anilines is 1. The van der Waals surface area contributed by atoms with E-state index in [9.17, 15) is 8.42 Å². The van der Waals surface area contributed by atoms with Gasteiger partial charge in [0.25, 0.3) is 0 Å². The van der Waals surface area contributed by atoms with Gasteiger partial charge in [0.1, 0.15) is 10.7 Å². The number of nitrogen functional groups attached to an aromatic ring is 1. The molecule has 0 amide bonds. The first kappa shape index (κ1) is 11.9. The van der Waals surface area contributed by atoms with Crippen molar-refractivity contribution in [3.8, 4) is 0 Å². The monoisotopic (exact) mass is 229 g/mol. The fourth-order valence-corrected chi connectivity index (χ4v) is 2.04. The second kappa shape index (κ2) is 5.09. The molecule has 1 aromatic rings. The Hall–Kier alpha value is -1.14. The molecule has 0 aliphatic heterocycles. The zero-order chi connectivity index (χ0) is 11.3. The maximum atomic E-state index is 11.6. The summed E-state index contributed by atoms with van der Waals surface area (Å²) in [5, 5.41) is 0. The zero-order valence-corrected chi connectivity index (χ0v) is 9.42. The average molecular weight is 229 g/mol. The molecule has 3 N–H and O–H groups in total. The van der Waals surface area contributed by atoms with Gasteiger partial charge in [-0.05, 0) is 18.6 Å². The second-order valence-electron chi connectivity index (χ2n) is 3.17. The third-order valence-corrected chi connectivity index (χ3v) is 3.34. The van der Waals surface area contributed by atoms with Gasteiger partial charge in [-0.25, -0.2) is 18.1 Å². The molecule has 1 rings (SSSR count). The van der Waals surface area contributed by atoms with Gasteiger partial charge in [0.15, 0.2) is 0 Å². The summed E-state index contributed by atoms with van der Waals surface area (Å²) in [4.78, 5) is 3.88. The van der Waals surface area contributed by atoms with E-state index in [1.807, 2.05) is 6.92 Å². The minimum atomic E-state index is -3.42. The molecule has 1 aromatic heterocycles. The highest BCUT2D eigenvalue weighted by Crippen LogP contribution is 2.08. The van der Waals surface area contributed by atoms with Gasteiger partial charge in [-0.2, -0.15) is 0 Å². The van der Waals surface area contributed by atoms with Gasteiger partial charge in [0.2, 0.25) is 10.0 Å². The molecule has 6 heteroatoms. The van der Waals surface area contributed by atoms with Crippen LogP contribution in [-0.2, 0) is 10.0 Å². The van der Waals surface area contributed by atoms with E-state index in [0.717, 1.165) is 12.8 Å². The maximum absolute atomic E-state index is 11.6. The Labute approximate surface area is 89.8 Å². The molecule has 0 aromatic carbocycles. The Kier molecular flexibility index (Phi) is 4.05. The summed E-state index contributed by atoms with van der Waals surface area (Å²) in [6, 6.07) is 2.91. The van der Waals surface area contributed by atoms with Crippen LogP contribution in [0.15, 0.2) is 23.2 Å². The van der Waals surface area contributed by atoms with E-state index >= 15 is 0 Å². The predicted octanol–water partition coefficient (Wildman–Crippen LogP) is 0.742. The van der Waals surface area contributed by atoms with Crippen LogP contribution < -0.4 is 10.5 Å². The minimum Gasteiger partial charge on any atom is -0.384 e. The van der Waals surface area contributed by atoms with Gasteiger partial charge in [-0.1, -0.05) is 13.3 Å². The first-order chi connectivity index (χ1) is 7.06. The molecule has 1 heterocycles. The molecular weight excluding hydrogens is 214 g/mol. The molecule has 0 atom stereocenters. The number of pyridine rings is 1. The van der Waals surface area contributed by atoms with E-state index in [-0.39, 0.29) is 4.90 Å². The number of nitrogens with zero attached hydrogens (tertiary/aromatic N) is 1. The van der Waals surface area contributed by atoms with Crippen molar-refractivity contribution in [2.45, 2.75) is 24.7 Å². The summed E-state index contributed by atoms with van der Waals surface area (Å²) < 4.78 is 25.7. The van der Waals surface area contributed by atoms with Crippen molar-refractivity contribution >= 4 is 15.8 Å². The van der Waals surface area contributed by atoms with Crippen LogP contribution in [0.3, 0.4) is 0 Å². The molecule has 0 unspecified atom stereocenters. The number of hydrogen-bond donors (Lipinski definition) is 2. The summed E-state index contributed by atoms with van der Waals surface area (Å²) >= 11 is 0. The van der Waals surface area contributed by atoms with Crippen molar-refractivity contribution in [2.75, 3.05) is 12.3 Å². The fourth-order valence-electron chi connectivity index (χ4n) is 1.02. The van der Waals surface area contributed by atoms with Crippen LogP contribution >= 0.6 is 0 Å². The first-order valence-electron chi connectivity index (χ1n) is 4.77. The molecule has 0 saturated heterocycles. The number of sulfonamides is 1. The van der Waals surface area contributed by atoms with Gasteiger partial charge in [0, 0.05) is 12.7 Å². The van der Waals surface area contributed by atoms with Gasteiger partial charge < -0.3 is 5.73 Å². The topological polar surface area (TPSA) is 85.1 Å². The normalized spacial score (nSPS) is 11.5. The Bertz CT molecular complexity index is 400. The molecule has 5 nitrogen and oxygen atoms in total. The van der Waals surface area contributed by atoms with Crippen LogP contribution in [0.25, 0.3) is 0 Å². The molecule has 0 spiro atoms. The standard InChI is InChI=1S/C9H15N3O2S/c1-2-3-6-12-15(13,14)8-4-5-9(10)11-7-8/h4-5,7,12H,2-3,6H2,1H3,(H2,10,11). The van der Waals surface area contributed by atoms with Crippen molar-refractivity contribution in [2.24, 2.45) is 0 Å². The third-order valence-electron chi connectivity index (χ3n) is 1.89. The van der Waals surface area contributed by atoms with Crippen LogP contribution in [0.5, 0.6) is 0 Å². The van der Waals surface area contributed by atoms with E-state index in [2.05, 4.69) is 9.71 Å². The zero-order valence-electron chi connectivity index (χ0n) is 8.60. The Morgan fingerprint density at radius 2 is 2.20 bits per heavy atom. The van der Waals surface area contributed by atoms with Crippen LogP contribution in [0.2, 0.25) is 0 Å². The van der Waals surface area contributed by atoms with E-state index in [0.29, 0.717) is 12.4 Å². The number of nitrogens with one attached hydrogen (secondary N) is 1. The molecule has 0 saturated carbocycles. The van der Waals surface area contributed by atoms with Gasteiger partial charge in [0.05, 0.1) is 0 Å². The molecule has 0 aliphatic carbocycles. The van der Waals surface area contributed by atoms with Gasteiger partial charge in [-0.3, -0.25) is 0 Å². The number of nitrogens with two attached hydrogens (primary N) is 1. The minimum absolute atomic E-state index is 0.146. The smallest absolute Gasteiger partial charge is 0.242 e. The van der Waals surface area contributed by atoms with Crippen LogP contribution in [-0.4, -0.2) is 19.9 Å². The summed E-state index contributed by atoms with van der Waals surface area (Å²) in [5.41, 5.74) is 5.37. The van der Waals surface area contributed by atoms with Crippen molar-refractivity contribution in [1.82, 2.24) is 9.71 Å². The lowest BCUT2D eigenvalue weighted by Crippen LogP contribution is -2.24.